The predicted octanol–water partition coefficient (Wildman–Crippen LogP) is 4.62. The molecule has 0 unspecified atom stereocenters. The third kappa shape index (κ3) is 4.54. The predicted molar refractivity (Wildman–Crippen MR) is 108 cm³/mol. The van der Waals surface area contributed by atoms with E-state index in [1.54, 1.807) is 18.2 Å². The molecule has 1 aliphatic heterocycles. The molecule has 0 bridgehead atoms. The number of ether oxygens (including phenoxy) is 3. The molecule has 0 saturated carbocycles. The van der Waals surface area contributed by atoms with Crippen LogP contribution in [0.3, 0.4) is 0 Å². The maximum atomic E-state index is 13.2. The quantitative estimate of drug-likeness (QED) is 0.690. The lowest BCUT2D eigenvalue weighted by Crippen LogP contribution is -2.19. The molecule has 0 aromatic heterocycles. The first-order valence-electron chi connectivity index (χ1n) is 8.52. The van der Waals surface area contributed by atoms with Crippen LogP contribution in [0, 0.1) is 0 Å². The first-order chi connectivity index (χ1) is 14.3. The Morgan fingerprint density at radius 3 is 2.23 bits per heavy atom. The van der Waals surface area contributed by atoms with Gasteiger partial charge in [-0.2, -0.15) is 13.2 Å². The van der Waals surface area contributed by atoms with Crippen LogP contribution in [0.5, 0.6) is 17.2 Å². The van der Waals surface area contributed by atoms with Crippen LogP contribution in [0.2, 0.25) is 0 Å². The number of aliphatic imine (C=N–C) groups is 1. The van der Waals surface area contributed by atoms with Crippen molar-refractivity contribution in [2.75, 3.05) is 21.3 Å². The zero-order valence-electron chi connectivity index (χ0n) is 16.2. The van der Waals surface area contributed by atoms with Crippen LogP contribution in [0.1, 0.15) is 11.1 Å². The molecular formula is C20H17F3N2O4S. The third-order valence-electron chi connectivity index (χ3n) is 4.07. The van der Waals surface area contributed by atoms with Gasteiger partial charge in [0.2, 0.25) is 5.75 Å². The molecule has 0 atom stereocenters. The Labute approximate surface area is 174 Å². The first-order valence-corrected chi connectivity index (χ1v) is 9.34. The number of halogens is 3. The van der Waals surface area contributed by atoms with Crippen LogP contribution in [-0.2, 0) is 11.0 Å². The fraction of sp³-hybridized carbons (Fsp3) is 0.200. The lowest BCUT2D eigenvalue weighted by atomic mass is 10.1. The Kier molecular flexibility index (Phi) is 6.25. The van der Waals surface area contributed by atoms with E-state index in [9.17, 15) is 18.0 Å². The number of para-hydroxylation sites is 1. The number of methoxy groups -OCH3 is 3. The number of alkyl halides is 3. The van der Waals surface area contributed by atoms with E-state index in [0.717, 1.165) is 17.8 Å². The highest BCUT2D eigenvalue weighted by Gasteiger charge is 2.34. The van der Waals surface area contributed by atoms with E-state index in [2.05, 4.69) is 10.3 Å². The van der Waals surface area contributed by atoms with Crippen LogP contribution in [0.25, 0.3) is 6.08 Å². The number of carbonyl (C=O) groups excluding carboxylic acids is 1. The highest BCUT2D eigenvalue weighted by molar-refractivity contribution is 8.18. The van der Waals surface area contributed by atoms with E-state index >= 15 is 0 Å². The lowest BCUT2D eigenvalue weighted by molar-refractivity contribution is -0.137. The Hall–Kier alpha value is -3.14. The van der Waals surface area contributed by atoms with Crippen molar-refractivity contribution < 1.29 is 32.2 Å². The molecule has 0 spiro atoms. The van der Waals surface area contributed by atoms with Crippen molar-refractivity contribution in [1.29, 1.82) is 0 Å². The summed E-state index contributed by atoms with van der Waals surface area (Å²) in [6.07, 6.45) is -2.99. The first kappa shape index (κ1) is 21.6. The van der Waals surface area contributed by atoms with Crippen LogP contribution in [-0.4, -0.2) is 32.4 Å². The summed E-state index contributed by atoms with van der Waals surface area (Å²) in [6.45, 7) is 0. The minimum atomic E-state index is -4.55. The second kappa shape index (κ2) is 8.70. The molecule has 6 nitrogen and oxygen atoms in total. The second-order valence-corrected chi connectivity index (χ2v) is 6.99. The summed E-state index contributed by atoms with van der Waals surface area (Å²) in [5, 5.41) is 2.53. The van der Waals surface area contributed by atoms with Crippen molar-refractivity contribution in [2.45, 2.75) is 6.18 Å². The molecule has 1 fully saturated rings. The Balaban J connectivity index is 1.94. The van der Waals surface area contributed by atoms with Gasteiger partial charge in [-0.15, -0.1) is 0 Å². The van der Waals surface area contributed by atoms with Crippen molar-refractivity contribution >= 4 is 34.6 Å². The fourth-order valence-electron chi connectivity index (χ4n) is 2.74. The van der Waals surface area contributed by atoms with Gasteiger partial charge in [0.25, 0.3) is 5.91 Å². The maximum absolute atomic E-state index is 13.2. The van der Waals surface area contributed by atoms with E-state index < -0.39 is 17.6 Å². The van der Waals surface area contributed by atoms with Crippen LogP contribution in [0.15, 0.2) is 46.3 Å². The largest absolute Gasteiger partial charge is 0.493 e. The van der Waals surface area contributed by atoms with Gasteiger partial charge in [-0.3, -0.25) is 4.79 Å². The molecule has 10 heteroatoms. The van der Waals surface area contributed by atoms with Crippen molar-refractivity contribution in [3.63, 3.8) is 0 Å². The molecule has 1 amide bonds. The van der Waals surface area contributed by atoms with Crippen LogP contribution in [0.4, 0.5) is 18.9 Å². The smallest absolute Gasteiger partial charge is 0.418 e. The maximum Gasteiger partial charge on any atom is 0.418 e. The molecule has 1 saturated heterocycles. The molecule has 2 aromatic carbocycles. The SMILES string of the molecule is COc1cc(/C=C2/SC(=Nc3ccccc3C(F)(F)F)NC2=O)cc(OC)c1OC. The summed E-state index contributed by atoms with van der Waals surface area (Å²) >= 11 is 0.935. The second-order valence-electron chi connectivity index (χ2n) is 5.96. The van der Waals surface area contributed by atoms with E-state index in [1.165, 1.54) is 39.5 Å². The molecule has 2 aromatic rings. The summed E-state index contributed by atoms with van der Waals surface area (Å²) < 4.78 is 55.3. The number of nitrogens with one attached hydrogen (secondary N) is 1. The number of nitrogens with zero attached hydrogens (tertiary/aromatic N) is 1. The van der Waals surface area contributed by atoms with Gasteiger partial charge in [0.15, 0.2) is 16.7 Å². The third-order valence-corrected chi connectivity index (χ3v) is 4.98. The van der Waals surface area contributed by atoms with Gasteiger partial charge < -0.3 is 19.5 Å². The zero-order valence-corrected chi connectivity index (χ0v) is 17.0. The van der Waals surface area contributed by atoms with E-state index in [4.69, 9.17) is 14.2 Å². The van der Waals surface area contributed by atoms with Crippen molar-refractivity contribution in [3.8, 4) is 17.2 Å². The van der Waals surface area contributed by atoms with Gasteiger partial charge in [0.05, 0.1) is 37.5 Å². The highest BCUT2D eigenvalue weighted by atomic mass is 32.2. The summed E-state index contributed by atoms with van der Waals surface area (Å²) in [5.74, 6) is 0.730. The van der Waals surface area contributed by atoms with Gasteiger partial charge >= 0.3 is 6.18 Å². The van der Waals surface area contributed by atoms with E-state index in [1.807, 2.05) is 0 Å². The number of amides is 1. The number of thioether (sulfide) groups is 1. The summed E-state index contributed by atoms with van der Waals surface area (Å²) in [7, 11) is 4.41. The van der Waals surface area contributed by atoms with Gasteiger partial charge in [0.1, 0.15) is 0 Å². The molecule has 1 N–H and O–H groups in total. The number of rotatable bonds is 5. The van der Waals surface area contributed by atoms with Crippen molar-refractivity contribution in [2.24, 2.45) is 4.99 Å². The topological polar surface area (TPSA) is 69.2 Å². The molecule has 1 aliphatic rings. The molecule has 30 heavy (non-hydrogen) atoms. The van der Waals surface area contributed by atoms with Crippen LogP contribution >= 0.6 is 11.8 Å². The molecule has 3 rings (SSSR count). The van der Waals surface area contributed by atoms with Crippen molar-refractivity contribution in [1.82, 2.24) is 5.32 Å². The average Bonchev–Trinajstić information content (AvgIpc) is 3.05. The Bertz CT molecular complexity index is 1010. The summed E-state index contributed by atoms with van der Waals surface area (Å²) in [6, 6.07) is 8.20. The van der Waals surface area contributed by atoms with Gasteiger partial charge in [-0.25, -0.2) is 4.99 Å². The molecule has 0 aliphatic carbocycles. The summed E-state index contributed by atoms with van der Waals surface area (Å²) in [5.41, 5.74) is -0.574. The average molecular weight is 438 g/mol. The number of amidine groups is 1. The molecular weight excluding hydrogens is 421 g/mol. The number of hydrogen-bond donors (Lipinski definition) is 1. The normalized spacial score (nSPS) is 16.7. The van der Waals surface area contributed by atoms with Gasteiger partial charge in [-0.1, -0.05) is 12.1 Å². The fourth-order valence-corrected chi connectivity index (χ4v) is 3.57. The molecule has 158 valence electrons. The van der Waals surface area contributed by atoms with Crippen molar-refractivity contribution in [3.05, 3.63) is 52.4 Å². The van der Waals surface area contributed by atoms with Gasteiger partial charge in [-0.05, 0) is 47.7 Å². The summed E-state index contributed by atoms with van der Waals surface area (Å²) in [4.78, 5) is 16.5. The standard InChI is InChI=1S/C20H17F3N2O4S/c1-27-14-8-11(9-15(28-2)17(14)29-3)10-16-18(26)25-19(30-16)24-13-7-5-4-6-12(13)20(21,22)23/h4-10H,1-3H3,(H,24,25,26)/b16-10+. The molecule has 1 heterocycles. The van der Waals surface area contributed by atoms with Gasteiger partial charge in [0, 0.05) is 0 Å². The number of carbonyl (C=O) groups is 1. The van der Waals surface area contributed by atoms with E-state index in [-0.39, 0.29) is 15.8 Å². The Morgan fingerprint density at radius 1 is 1.03 bits per heavy atom. The monoisotopic (exact) mass is 438 g/mol. The lowest BCUT2D eigenvalue weighted by Gasteiger charge is -2.12. The zero-order chi connectivity index (χ0) is 21.9. The number of hydrogen-bond acceptors (Lipinski definition) is 6. The molecule has 0 radical (unpaired) electrons. The minimum absolute atomic E-state index is 0.0513. The minimum Gasteiger partial charge on any atom is -0.493 e. The highest BCUT2D eigenvalue weighted by Crippen LogP contribution is 2.40. The van der Waals surface area contributed by atoms with Crippen LogP contribution < -0.4 is 19.5 Å². The number of benzene rings is 2. The Morgan fingerprint density at radius 2 is 1.67 bits per heavy atom. The van der Waals surface area contributed by atoms with E-state index in [0.29, 0.717) is 22.8 Å².